The molecule has 1 aliphatic carbocycles. The van der Waals surface area contributed by atoms with Crippen molar-refractivity contribution in [2.75, 3.05) is 13.1 Å². The van der Waals surface area contributed by atoms with E-state index in [9.17, 15) is 9.59 Å². The van der Waals surface area contributed by atoms with Crippen LogP contribution in [0.25, 0.3) is 0 Å². The van der Waals surface area contributed by atoms with Crippen LogP contribution in [0.1, 0.15) is 47.2 Å². The zero-order valence-corrected chi connectivity index (χ0v) is 12.3. The van der Waals surface area contributed by atoms with Crippen LogP contribution in [0.2, 0.25) is 0 Å². The van der Waals surface area contributed by atoms with Crippen LogP contribution in [-0.4, -0.2) is 29.8 Å². The van der Waals surface area contributed by atoms with Gasteiger partial charge in [-0.15, -0.1) is 0 Å². The summed E-state index contributed by atoms with van der Waals surface area (Å²) in [4.78, 5) is 25.4. The van der Waals surface area contributed by atoms with E-state index in [2.05, 4.69) is 12.1 Å². The van der Waals surface area contributed by atoms with Crippen molar-refractivity contribution in [3.8, 4) is 0 Å². The van der Waals surface area contributed by atoms with E-state index in [-0.39, 0.29) is 11.8 Å². The minimum Gasteiger partial charge on any atom is -0.370 e. The number of piperidine rings is 1. The van der Waals surface area contributed by atoms with Gasteiger partial charge in [-0.1, -0.05) is 6.07 Å². The van der Waals surface area contributed by atoms with E-state index < -0.39 is 0 Å². The van der Waals surface area contributed by atoms with E-state index in [0.29, 0.717) is 12.3 Å². The van der Waals surface area contributed by atoms with Gasteiger partial charge in [-0.2, -0.15) is 0 Å². The molecule has 4 heteroatoms. The molecule has 2 aliphatic rings. The molecule has 2 N–H and O–H groups in total. The Morgan fingerprint density at radius 1 is 1.14 bits per heavy atom. The summed E-state index contributed by atoms with van der Waals surface area (Å²) in [6.07, 6.45) is 5.63. The highest BCUT2D eigenvalue weighted by atomic mass is 16.2. The third kappa shape index (κ3) is 3.09. The maximum atomic E-state index is 12.6. The molecule has 1 aromatic carbocycles. The van der Waals surface area contributed by atoms with Crippen molar-refractivity contribution >= 4 is 11.8 Å². The van der Waals surface area contributed by atoms with Gasteiger partial charge in [0.25, 0.3) is 5.91 Å². The summed E-state index contributed by atoms with van der Waals surface area (Å²) in [5.74, 6) is 0.229. The number of nitrogens with two attached hydrogens (primary N) is 1. The van der Waals surface area contributed by atoms with Crippen LogP contribution < -0.4 is 5.73 Å². The quantitative estimate of drug-likeness (QED) is 0.922. The number of carbonyl (C=O) groups excluding carboxylic acids is 2. The molecular formula is C17H22N2O2. The maximum Gasteiger partial charge on any atom is 0.253 e. The van der Waals surface area contributed by atoms with Crippen LogP contribution in [0, 0.1) is 5.92 Å². The fourth-order valence-electron chi connectivity index (χ4n) is 3.51. The number of fused-ring (bicyclic) bond motifs is 1. The minimum absolute atomic E-state index is 0.127. The van der Waals surface area contributed by atoms with Crippen molar-refractivity contribution in [1.29, 1.82) is 0 Å². The summed E-state index contributed by atoms with van der Waals surface area (Å²) in [6, 6.07) is 6.14. The SMILES string of the molecule is NC(=O)CC1CCN(C(=O)c2ccc3c(c2)CCC3)CC1. The van der Waals surface area contributed by atoms with Gasteiger partial charge in [-0.25, -0.2) is 0 Å². The number of rotatable bonds is 3. The van der Waals surface area contributed by atoms with E-state index in [1.54, 1.807) is 0 Å². The molecule has 1 fully saturated rings. The van der Waals surface area contributed by atoms with Gasteiger partial charge in [0.05, 0.1) is 0 Å². The van der Waals surface area contributed by atoms with Gasteiger partial charge in [0.1, 0.15) is 0 Å². The standard InChI is InChI=1S/C17H22N2O2/c18-16(20)10-12-6-8-19(9-7-12)17(21)15-5-4-13-2-1-3-14(13)11-15/h4-5,11-12H,1-3,6-10H2,(H2,18,20). The highest BCUT2D eigenvalue weighted by Crippen LogP contribution is 2.25. The van der Waals surface area contributed by atoms with Crippen LogP contribution in [0.5, 0.6) is 0 Å². The van der Waals surface area contributed by atoms with Gasteiger partial charge >= 0.3 is 0 Å². The molecular weight excluding hydrogens is 264 g/mol. The number of aryl methyl sites for hydroxylation is 2. The Morgan fingerprint density at radius 2 is 1.86 bits per heavy atom. The molecule has 1 saturated heterocycles. The Morgan fingerprint density at radius 3 is 2.57 bits per heavy atom. The monoisotopic (exact) mass is 286 g/mol. The lowest BCUT2D eigenvalue weighted by molar-refractivity contribution is -0.119. The van der Waals surface area contributed by atoms with E-state index in [4.69, 9.17) is 5.73 Å². The smallest absolute Gasteiger partial charge is 0.253 e. The van der Waals surface area contributed by atoms with E-state index in [0.717, 1.165) is 44.3 Å². The number of nitrogens with zero attached hydrogens (tertiary/aromatic N) is 1. The predicted molar refractivity (Wildman–Crippen MR) is 80.9 cm³/mol. The lowest BCUT2D eigenvalue weighted by Gasteiger charge is -2.31. The summed E-state index contributed by atoms with van der Waals surface area (Å²) in [5.41, 5.74) is 8.78. The largest absolute Gasteiger partial charge is 0.370 e. The van der Waals surface area contributed by atoms with Crippen molar-refractivity contribution in [2.24, 2.45) is 11.7 Å². The average molecular weight is 286 g/mol. The Bertz CT molecular complexity index is 560. The second-order valence-electron chi connectivity index (χ2n) is 6.24. The Kier molecular flexibility index (Phi) is 3.95. The van der Waals surface area contributed by atoms with Crippen LogP contribution in [-0.2, 0) is 17.6 Å². The van der Waals surface area contributed by atoms with E-state index >= 15 is 0 Å². The molecule has 0 spiro atoms. The molecule has 0 aromatic heterocycles. The third-order valence-electron chi connectivity index (χ3n) is 4.74. The van der Waals surface area contributed by atoms with Gasteiger partial charge in [0, 0.05) is 25.1 Å². The summed E-state index contributed by atoms with van der Waals surface area (Å²) in [5, 5.41) is 0. The van der Waals surface area contributed by atoms with Crippen LogP contribution >= 0.6 is 0 Å². The molecule has 1 aromatic rings. The zero-order chi connectivity index (χ0) is 14.8. The van der Waals surface area contributed by atoms with Crippen LogP contribution in [0.15, 0.2) is 18.2 Å². The molecule has 0 radical (unpaired) electrons. The Hall–Kier alpha value is -1.84. The molecule has 0 bridgehead atoms. The van der Waals surface area contributed by atoms with Crippen molar-refractivity contribution < 1.29 is 9.59 Å². The molecule has 112 valence electrons. The fraction of sp³-hybridized carbons (Fsp3) is 0.529. The number of carbonyl (C=O) groups is 2. The summed E-state index contributed by atoms with van der Waals surface area (Å²) < 4.78 is 0. The lowest BCUT2D eigenvalue weighted by Crippen LogP contribution is -2.39. The predicted octanol–water partition coefficient (Wildman–Crippen LogP) is 1.90. The molecule has 1 heterocycles. The number of hydrogen-bond acceptors (Lipinski definition) is 2. The first-order valence-corrected chi connectivity index (χ1v) is 7.83. The Balaban J connectivity index is 1.63. The van der Waals surface area contributed by atoms with Crippen LogP contribution in [0.3, 0.4) is 0 Å². The molecule has 0 atom stereocenters. The molecule has 0 unspecified atom stereocenters. The number of primary amides is 1. The zero-order valence-electron chi connectivity index (χ0n) is 12.3. The summed E-state index contributed by atoms with van der Waals surface area (Å²) >= 11 is 0. The lowest BCUT2D eigenvalue weighted by atomic mass is 9.93. The van der Waals surface area contributed by atoms with Gasteiger partial charge in [0.2, 0.25) is 5.91 Å². The third-order valence-corrected chi connectivity index (χ3v) is 4.74. The minimum atomic E-state index is -0.238. The molecule has 0 saturated carbocycles. The van der Waals surface area contributed by atoms with Crippen molar-refractivity contribution in [1.82, 2.24) is 4.90 Å². The first-order chi connectivity index (χ1) is 10.1. The number of amides is 2. The van der Waals surface area contributed by atoms with Crippen molar-refractivity contribution in [3.05, 3.63) is 34.9 Å². The normalized spacial score (nSPS) is 18.6. The van der Waals surface area contributed by atoms with Gasteiger partial charge < -0.3 is 10.6 Å². The Labute approximate surface area is 125 Å². The molecule has 3 rings (SSSR count). The van der Waals surface area contributed by atoms with Gasteiger partial charge in [0.15, 0.2) is 0 Å². The van der Waals surface area contributed by atoms with Gasteiger partial charge in [-0.05, 0) is 61.3 Å². The second-order valence-corrected chi connectivity index (χ2v) is 6.24. The highest BCUT2D eigenvalue weighted by molar-refractivity contribution is 5.94. The highest BCUT2D eigenvalue weighted by Gasteiger charge is 2.25. The van der Waals surface area contributed by atoms with Gasteiger partial charge in [-0.3, -0.25) is 9.59 Å². The van der Waals surface area contributed by atoms with Crippen LogP contribution in [0.4, 0.5) is 0 Å². The molecule has 21 heavy (non-hydrogen) atoms. The number of benzene rings is 1. The maximum absolute atomic E-state index is 12.6. The van der Waals surface area contributed by atoms with Crippen molar-refractivity contribution in [2.45, 2.75) is 38.5 Å². The fourth-order valence-corrected chi connectivity index (χ4v) is 3.51. The first kappa shape index (κ1) is 14.1. The number of hydrogen-bond donors (Lipinski definition) is 1. The molecule has 2 amide bonds. The second kappa shape index (κ2) is 5.88. The molecule has 1 aliphatic heterocycles. The first-order valence-electron chi connectivity index (χ1n) is 7.83. The summed E-state index contributed by atoms with van der Waals surface area (Å²) in [6.45, 7) is 1.46. The van der Waals surface area contributed by atoms with E-state index in [1.807, 2.05) is 11.0 Å². The molecule has 4 nitrogen and oxygen atoms in total. The van der Waals surface area contributed by atoms with Crippen molar-refractivity contribution in [3.63, 3.8) is 0 Å². The number of likely N-dealkylation sites (tertiary alicyclic amines) is 1. The van der Waals surface area contributed by atoms with E-state index in [1.165, 1.54) is 17.5 Å². The average Bonchev–Trinajstić information content (AvgIpc) is 2.94. The summed E-state index contributed by atoms with van der Waals surface area (Å²) in [7, 11) is 0. The topological polar surface area (TPSA) is 63.4 Å².